The molecule has 0 aromatic heterocycles. The molecule has 0 heterocycles. The molecule has 0 bridgehead atoms. The van der Waals surface area contributed by atoms with Crippen LogP contribution in [-0.4, -0.2) is 10.1 Å². The summed E-state index contributed by atoms with van der Waals surface area (Å²) in [6.07, 6.45) is 0. The van der Waals surface area contributed by atoms with Gasteiger partial charge in [-0.1, -0.05) is 11.6 Å². The minimum Gasteiger partial charge on any atom is -0.398 e. The fourth-order valence-corrected chi connectivity index (χ4v) is 0.810. The van der Waals surface area contributed by atoms with Crippen molar-refractivity contribution in [1.29, 1.82) is 0 Å². The van der Waals surface area contributed by atoms with Crippen LogP contribution in [0, 0.1) is 4.91 Å². The molecule has 0 spiro atoms. The van der Waals surface area contributed by atoms with Gasteiger partial charge in [0.2, 0.25) is 0 Å². The minimum atomic E-state index is -0.272. The molecule has 0 fully saturated rings. The third-order valence-corrected chi connectivity index (χ3v) is 1.53. The van der Waals surface area contributed by atoms with E-state index in [4.69, 9.17) is 22.5 Å². The van der Waals surface area contributed by atoms with Crippen molar-refractivity contribution in [2.75, 3.05) is 5.73 Å². The van der Waals surface area contributed by atoms with E-state index >= 15 is 0 Å². The quantitative estimate of drug-likeness (QED) is 0.502. The average Bonchev–Trinajstić information content (AvgIpc) is 1.94. The van der Waals surface area contributed by atoms with Gasteiger partial charge in [0.05, 0.1) is 15.6 Å². The molecule has 0 atom stereocenters. The standard InChI is InChI=1S/C6H6ClN2O2/c7-5-3-4(9(10)11)1-2-6(5)8/h1-3H,8H2,(H,10,11)/q+1. The lowest BCUT2D eigenvalue weighted by Crippen LogP contribution is -1.93. The van der Waals surface area contributed by atoms with Crippen LogP contribution in [-0.2, 0) is 0 Å². The molecule has 0 amide bonds. The zero-order chi connectivity index (χ0) is 8.43. The van der Waals surface area contributed by atoms with Gasteiger partial charge in [0.15, 0.2) is 0 Å². The van der Waals surface area contributed by atoms with Gasteiger partial charge in [-0.05, 0) is 6.07 Å². The molecule has 1 rings (SSSR count). The maximum absolute atomic E-state index is 10.3. The van der Waals surface area contributed by atoms with Gasteiger partial charge < -0.3 is 5.73 Å². The summed E-state index contributed by atoms with van der Waals surface area (Å²) in [7, 11) is 0. The smallest absolute Gasteiger partial charge is 0.318 e. The van der Waals surface area contributed by atoms with Crippen LogP contribution >= 0.6 is 11.6 Å². The van der Waals surface area contributed by atoms with Gasteiger partial charge in [-0.15, -0.1) is 0 Å². The molecule has 0 aliphatic carbocycles. The zero-order valence-electron chi connectivity index (χ0n) is 5.49. The normalized spacial score (nSPS) is 9.55. The van der Waals surface area contributed by atoms with Crippen molar-refractivity contribution < 1.29 is 10.1 Å². The molecule has 4 nitrogen and oxygen atoms in total. The fraction of sp³-hybridized carbons (Fsp3) is 0. The largest absolute Gasteiger partial charge is 0.398 e. The van der Waals surface area contributed by atoms with Gasteiger partial charge in [-0.2, -0.15) is 0 Å². The Bertz CT molecular complexity index is 301. The van der Waals surface area contributed by atoms with E-state index in [1.54, 1.807) is 0 Å². The molecule has 0 saturated carbocycles. The van der Waals surface area contributed by atoms with E-state index in [2.05, 4.69) is 0 Å². The van der Waals surface area contributed by atoms with E-state index < -0.39 is 0 Å². The van der Waals surface area contributed by atoms with Gasteiger partial charge in [0.1, 0.15) is 0 Å². The maximum Gasteiger partial charge on any atom is 0.318 e. The summed E-state index contributed by atoms with van der Waals surface area (Å²) in [5, 5.41) is 8.66. The van der Waals surface area contributed by atoms with E-state index in [-0.39, 0.29) is 15.6 Å². The molecular weight excluding hydrogens is 168 g/mol. The number of nitrogens with two attached hydrogens (primary N) is 1. The van der Waals surface area contributed by atoms with Crippen molar-refractivity contribution in [2.24, 2.45) is 0 Å². The molecular formula is C6H6ClN2O2+. The molecule has 0 unspecified atom stereocenters. The van der Waals surface area contributed by atoms with Crippen LogP contribution in [0.3, 0.4) is 0 Å². The van der Waals surface area contributed by atoms with E-state index in [1.165, 1.54) is 18.2 Å². The maximum atomic E-state index is 10.3. The number of hydrogen-bond acceptors (Lipinski definition) is 2. The highest BCUT2D eigenvalue weighted by atomic mass is 35.5. The number of anilines is 1. The predicted molar refractivity (Wildman–Crippen MR) is 40.9 cm³/mol. The van der Waals surface area contributed by atoms with Crippen LogP contribution in [0.4, 0.5) is 11.4 Å². The van der Waals surface area contributed by atoms with Crippen molar-refractivity contribution in [3.05, 3.63) is 28.1 Å². The lowest BCUT2D eigenvalue weighted by atomic mass is 10.3. The third kappa shape index (κ3) is 1.59. The summed E-state index contributed by atoms with van der Waals surface area (Å²) in [6, 6.07) is 4.09. The van der Waals surface area contributed by atoms with Gasteiger partial charge in [-0.25, -0.2) is 5.21 Å². The van der Waals surface area contributed by atoms with Crippen LogP contribution in [0.5, 0.6) is 0 Å². The van der Waals surface area contributed by atoms with Crippen LogP contribution < -0.4 is 5.73 Å². The lowest BCUT2D eigenvalue weighted by molar-refractivity contribution is -0.729. The molecule has 0 saturated heterocycles. The highest BCUT2D eigenvalue weighted by Gasteiger charge is 2.11. The topological polar surface area (TPSA) is 66.3 Å². The molecule has 5 heteroatoms. The Morgan fingerprint density at radius 3 is 2.64 bits per heavy atom. The SMILES string of the molecule is Nc1ccc([N+](=O)O)cc1Cl. The second-order valence-electron chi connectivity index (χ2n) is 1.98. The van der Waals surface area contributed by atoms with Gasteiger partial charge in [-0.3, -0.25) is 0 Å². The van der Waals surface area contributed by atoms with Crippen molar-refractivity contribution >= 4 is 23.0 Å². The highest BCUT2D eigenvalue weighted by molar-refractivity contribution is 6.33. The highest BCUT2D eigenvalue weighted by Crippen LogP contribution is 2.23. The second-order valence-corrected chi connectivity index (χ2v) is 2.39. The first kappa shape index (κ1) is 7.81. The minimum absolute atomic E-state index is 0.0594. The molecule has 0 aliphatic heterocycles. The van der Waals surface area contributed by atoms with Crippen molar-refractivity contribution in [3.8, 4) is 0 Å². The fourth-order valence-electron chi connectivity index (χ4n) is 0.635. The Hall–Kier alpha value is -1.29. The van der Waals surface area contributed by atoms with Gasteiger partial charge in [0, 0.05) is 12.1 Å². The number of nitrogen functional groups attached to an aromatic ring is 1. The van der Waals surface area contributed by atoms with Crippen LogP contribution in [0.15, 0.2) is 18.2 Å². The molecule has 3 N–H and O–H groups in total. The Labute approximate surface area is 67.7 Å². The number of halogens is 1. The number of rotatable bonds is 1. The first-order valence-corrected chi connectivity index (χ1v) is 3.20. The van der Waals surface area contributed by atoms with Crippen molar-refractivity contribution in [1.82, 2.24) is 0 Å². The Morgan fingerprint density at radius 2 is 2.18 bits per heavy atom. The summed E-state index contributed by atoms with van der Waals surface area (Å²) >= 11 is 5.56. The summed E-state index contributed by atoms with van der Waals surface area (Å²) in [4.78, 5) is 10.0. The first-order valence-electron chi connectivity index (χ1n) is 2.82. The number of benzene rings is 1. The third-order valence-electron chi connectivity index (χ3n) is 1.20. The predicted octanol–water partition coefficient (Wildman–Crippen LogP) is 1.72. The Kier molecular flexibility index (Phi) is 1.96. The van der Waals surface area contributed by atoms with Crippen molar-refractivity contribution in [2.45, 2.75) is 0 Å². The lowest BCUT2D eigenvalue weighted by Gasteiger charge is -1.92. The second kappa shape index (κ2) is 2.75. The first-order chi connectivity index (χ1) is 5.11. The Morgan fingerprint density at radius 1 is 1.55 bits per heavy atom. The van der Waals surface area contributed by atoms with Crippen LogP contribution in [0.2, 0.25) is 5.02 Å². The Balaban J connectivity index is 3.15. The summed E-state index contributed by atoms with van der Waals surface area (Å²) in [5.41, 5.74) is 5.79. The molecule has 1 aromatic carbocycles. The zero-order valence-corrected chi connectivity index (χ0v) is 6.25. The number of nitrogens with zero attached hydrogens (tertiary/aromatic N) is 1. The van der Waals surface area contributed by atoms with Gasteiger partial charge in [0.25, 0.3) is 4.92 Å². The summed E-state index contributed by atoms with van der Waals surface area (Å²) in [5.74, 6) is 0. The van der Waals surface area contributed by atoms with Crippen LogP contribution in [0.1, 0.15) is 0 Å². The molecule has 58 valence electrons. The molecule has 1 aromatic rings. The summed E-state index contributed by atoms with van der Waals surface area (Å²) in [6.45, 7) is 0. The average molecular weight is 174 g/mol. The molecule has 11 heavy (non-hydrogen) atoms. The monoisotopic (exact) mass is 173 g/mol. The molecule has 0 aliphatic rings. The number of hydrogen-bond donors (Lipinski definition) is 2. The summed E-state index contributed by atoms with van der Waals surface area (Å²) < 4.78 is 0. The molecule has 0 radical (unpaired) electrons. The van der Waals surface area contributed by atoms with E-state index in [0.29, 0.717) is 5.69 Å². The van der Waals surface area contributed by atoms with Crippen molar-refractivity contribution in [3.63, 3.8) is 0 Å². The van der Waals surface area contributed by atoms with E-state index in [9.17, 15) is 4.91 Å². The van der Waals surface area contributed by atoms with Crippen LogP contribution in [0.25, 0.3) is 0 Å². The van der Waals surface area contributed by atoms with Gasteiger partial charge >= 0.3 is 5.69 Å². The van der Waals surface area contributed by atoms with E-state index in [1.807, 2.05) is 0 Å². The van der Waals surface area contributed by atoms with E-state index in [0.717, 1.165) is 0 Å².